The summed E-state index contributed by atoms with van der Waals surface area (Å²) in [5.74, 6) is -0.0256. The second kappa shape index (κ2) is 8.19. The molecule has 1 unspecified atom stereocenters. The highest BCUT2D eigenvalue weighted by Gasteiger charge is 2.28. The summed E-state index contributed by atoms with van der Waals surface area (Å²) in [6.07, 6.45) is 3.53. The van der Waals surface area contributed by atoms with Crippen LogP contribution in [0.15, 0.2) is 30.8 Å². The van der Waals surface area contributed by atoms with Gasteiger partial charge in [-0.15, -0.1) is 0 Å². The van der Waals surface area contributed by atoms with Crippen LogP contribution in [0.5, 0.6) is 0 Å². The Morgan fingerprint density at radius 3 is 2.60 bits per heavy atom. The third-order valence-corrected chi connectivity index (χ3v) is 4.02. The molecule has 1 heterocycles. The van der Waals surface area contributed by atoms with Crippen molar-refractivity contribution in [3.63, 3.8) is 0 Å². The van der Waals surface area contributed by atoms with E-state index in [2.05, 4.69) is 11.9 Å². The van der Waals surface area contributed by atoms with Gasteiger partial charge < -0.3 is 15.0 Å². The largest absolute Gasteiger partial charge is 0.444 e. The smallest absolute Gasteiger partial charge is 0.410 e. The fourth-order valence-corrected chi connectivity index (χ4v) is 2.82. The minimum absolute atomic E-state index is 0.0256. The Morgan fingerprint density at radius 1 is 1.32 bits per heavy atom. The monoisotopic (exact) mass is 344 g/mol. The van der Waals surface area contributed by atoms with Crippen molar-refractivity contribution < 1.29 is 14.3 Å². The first-order chi connectivity index (χ1) is 11.8. The van der Waals surface area contributed by atoms with E-state index in [4.69, 9.17) is 4.74 Å². The molecule has 1 N–H and O–H groups in total. The van der Waals surface area contributed by atoms with E-state index >= 15 is 0 Å². The Labute approximate surface area is 150 Å². The Balaban J connectivity index is 1.85. The maximum Gasteiger partial charge on any atom is 0.410 e. The molecule has 2 rings (SSSR count). The zero-order valence-corrected chi connectivity index (χ0v) is 15.4. The van der Waals surface area contributed by atoms with Gasteiger partial charge in [-0.25, -0.2) is 4.79 Å². The average molecular weight is 344 g/mol. The molecule has 1 fully saturated rings. The molecule has 1 saturated heterocycles. The van der Waals surface area contributed by atoms with E-state index in [1.807, 2.05) is 45.0 Å². The third kappa shape index (κ3) is 6.25. The van der Waals surface area contributed by atoms with Crippen LogP contribution < -0.4 is 5.32 Å². The minimum atomic E-state index is -0.509. The molecule has 1 aromatic carbocycles. The van der Waals surface area contributed by atoms with Crippen molar-refractivity contribution in [1.29, 1.82) is 0 Å². The number of nitrogens with one attached hydrogen (secondary N) is 1. The Hall–Kier alpha value is -2.30. The van der Waals surface area contributed by atoms with E-state index in [0.717, 1.165) is 24.0 Å². The van der Waals surface area contributed by atoms with Crippen molar-refractivity contribution in [3.05, 3.63) is 42.0 Å². The fraction of sp³-hybridized carbons (Fsp3) is 0.500. The number of carbonyl (C=O) groups is 2. The van der Waals surface area contributed by atoms with Crippen molar-refractivity contribution in [3.8, 4) is 0 Å². The maximum absolute atomic E-state index is 12.3. The van der Waals surface area contributed by atoms with E-state index in [1.165, 1.54) is 0 Å². The first-order valence-electron chi connectivity index (χ1n) is 8.75. The normalized spacial score (nSPS) is 17.7. The molecular formula is C20H28N2O3. The van der Waals surface area contributed by atoms with Crippen LogP contribution in [0.3, 0.4) is 0 Å². The number of amides is 2. The van der Waals surface area contributed by atoms with E-state index in [0.29, 0.717) is 19.5 Å². The van der Waals surface area contributed by atoms with Crippen LogP contribution in [0.2, 0.25) is 0 Å². The molecule has 136 valence electrons. The first-order valence-corrected chi connectivity index (χ1v) is 8.75. The second-order valence-electron chi connectivity index (χ2n) is 7.46. The van der Waals surface area contributed by atoms with Gasteiger partial charge in [-0.2, -0.15) is 0 Å². The summed E-state index contributed by atoms with van der Waals surface area (Å²) in [4.78, 5) is 26.1. The summed E-state index contributed by atoms with van der Waals surface area (Å²) >= 11 is 0. The van der Waals surface area contributed by atoms with Gasteiger partial charge in [0, 0.05) is 19.1 Å². The molecule has 25 heavy (non-hydrogen) atoms. The van der Waals surface area contributed by atoms with Crippen LogP contribution in [0.1, 0.15) is 44.7 Å². The Kier molecular flexibility index (Phi) is 6.23. The molecule has 0 spiro atoms. The number of ether oxygens (including phenoxy) is 1. The molecule has 1 aliphatic rings. The summed E-state index contributed by atoms with van der Waals surface area (Å²) in [6, 6.07) is 7.73. The van der Waals surface area contributed by atoms with E-state index in [9.17, 15) is 9.59 Å². The van der Waals surface area contributed by atoms with Gasteiger partial charge in [-0.05, 0) is 44.7 Å². The van der Waals surface area contributed by atoms with E-state index in [-0.39, 0.29) is 18.0 Å². The van der Waals surface area contributed by atoms with Gasteiger partial charge >= 0.3 is 6.09 Å². The van der Waals surface area contributed by atoms with E-state index in [1.54, 1.807) is 11.0 Å². The second-order valence-corrected chi connectivity index (χ2v) is 7.46. The summed E-state index contributed by atoms with van der Waals surface area (Å²) in [6.45, 7) is 10.4. The van der Waals surface area contributed by atoms with Crippen molar-refractivity contribution in [2.45, 2.75) is 51.7 Å². The number of hydrogen-bond acceptors (Lipinski definition) is 3. The molecule has 2 amide bonds. The average Bonchev–Trinajstić information content (AvgIpc) is 2.54. The maximum atomic E-state index is 12.3. The highest BCUT2D eigenvalue weighted by molar-refractivity contribution is 5.79. The molecule has 1 aromatic rings. The predicted octanol–water partition coefficient (Wildman–Crippen LogP) is 3.39. The topological polar surface area (TPSA) is 58.6 Å². The van der Waals surface area contributed by atoms with Gasteiger partial charge in [0.25, 0.3) is 0 Å². The lowest BCUT2D eigenvalue weighted by atomic mass is 10.0. The zero-order chi connectivity index (χ0) is 18.4. The summed E-state index contributed by atoms with van der Waals surface area (Å²) in [7, 11) is 0. The number of rotatable bonds is 4. The first kappa shape index (κ1) is 19.0. The fourth-order valence-electron chi connectivity index (χ4n) is 2.82. The highest BCUT2D eigenvalue weighted by Crippen LogP contribution is 2.15. The van der Waals surface area contributed by atoms with E-state index < -0.39 is 5.60 Å². The van der Waals surface area contributed by atoms with Crippen LogP contribution >= 0.6 is 0 Å². The minimum Gasteiger partial charge on any atom is -0.444 e. The van der Waals surface area contributed by atoms with Gasteiger partial charge in [0.05, 0.1) is 6.42 Å². The van der Waals surface area contributed by atoms with Crippen molar-refractivity contribution in [1.82, 2.24) is 10.2 Å². The molecule has 0 aliphatic carbocycles. The Morgan fingerprint density at radius 2 is 2.00 bits per heavy atom. The number of nitrogens with zero attached hydrogens (tertiary/aromatic N) is 1. The lowest BCUT2D eigenvalue weighted by Gasteiger charge is -2.34. The molecular weight excluding hydrogens is 316 g/mol. The van der Waals surface area contributed by atoms with Gasteiger partial charge in [-0.3, -0.25) is 4.79 Å². The van der Waals surface area contributed by atoms with Crippen LogP contribution in [0.25, 0.3) is 6.08 Å². The van der Waals surface area contributed by atoms with Gasteiger partial charge in [0.15, 0.2) is 0 Å². The number of piperidine rings is 1. The molecule has 0 saturated carbocycles. The van der Waals surface area contributed by atoms with Crippen molar-refractivity contribution in [2.75, 3.05) is 13.1 Å². The molecule has 1 atom stereocenters. The van der Waals surface area contributed by atoms with Crippen LogP contribution in [0, 0.1) is 0 Å². The summed E-state index contributed by atoms with van der Waals surface area (Å²) in [5, 5.41) is 3.04. The Bertz CT molecular complexity index is 617. The van der Waals surface area contributed by atoms with Gasteiger partial charge in [0.2, 0.25) is 5.91 Å². The number of carbonyl (C=O) groups excluding carboxylic acids is 2. The highest BCUT2D eigenvalue weighted by atomic mass is 16.6. The van der Waals surface area contributed by atoms with Crippen molar-refractivity contribution >= 4 is 18.1 Å². The molecule has 1 aliphatic heterocycles. The number of likely N-dealkylation sites (tertiary alicyclic amines) is 1. The number of hydrogen-bond donors (Lipinski definition) is 1. The van der Waals surface area contributed by atoms with Gasteiger partial charge in [-0.1, -0.05) is 36.9 Å². The zero-order valence-electron chi connectivity index (χ0n) is 15.4. The molecule has 0 radical (unpaired) electrons. The van der Waals surface area contributed by atoms with Crippen LogP contribution in [0.4, 0.5) is 4.79 Å². The quantitative estimate of drug-likeness (QED) is 0.911. The standard InChI is InChI=1S/C20H28N2O3/c1-5-15-8-10-16(11-9-15)13-18(23)21-17-7-6-12-22(14-17)19(24)25-20(2,3)4/h5,8-11,17H,1,6-7,12-14H2,2-4H3,(H,21,23). The molecule has 5 nitrogen and oxygen atoms in total. The van der Waals surface area contributed by atoms with Gasteiger partial charge in [0.1, 0.15) is 5.60 Å². The third-order valence-electron chi connectivity index (χ3n) is 4.02. The number of benzene rings is 1. The van der Waals surface area contributed by atoms with Crippen LogP contribution in [-0.4, -0.2) is 41.6 Å². The lowest BCUT2D eigenvalue weighted by molar-refractivity contribution is -0.121. The summed E-state index contributed by atoms with van der Waals surface area (Å²) < 4.78 is 5.41. The molecule has 0 bridgehead atoms. The molecule has 5 heteroatoms. The SMILES string of the molecule is C=Cc1ccc(CC(=O)NC2CCCN(C(=O)OC(C)(C)C)C2)cc1. The predicted molar refractivity (Wildman–Crippen MR) is 99.2 cm³/mol. The lowest BCUT2D eigenvalue weighted by Crippen LogP contribution is -2.50. The van der Waals surface area contributed by atoms with Crippen molar-refractivity contribution in [2.24, 2.45) is 0 Å². The molecule has 0 aromatic heterocycles. The summed E-state index contributed by atoms with van der Waals surface area (Å²) in [5.41, 5.74) is 1.48. The van der Waals surface area contributed by atoms with Crippen LogP contribution in [-0.2, 0) is 16.0 Å².